The number of nitrogens with one attached hydrogen (secondary N) is 2. The molecule has 3 aliphatic rings. The van der Waals surface area contributed by atoms with E-state index in [4.69, 9.17) is 0 Å². The fourth-order valence-corrected chi connectivity index (χ4v) is 5.30. The number of carbonyl (C=O) groups excluding carboxylic acids is 2. The van der Waals surface area contributed by atoms with Gasteiger partial charge in [0.05, 0.1) is 17.5 Å². The SMILES string of the molecule is CC(NC(=O)C1CC2CCCCC2N1)C(=O)N1CCS(=O)(=O)CC1.Cl. The van der Waals surface area contributed by atoms with Gasteiger partial charge in [-0.3, -0.25) is 9.59 Å². The molecule has 0 radical (unpaired) electrons. The second-order valence-corrected chi connectivity index (χ2v) is 9.62. The molecular formula is C16H28ClN3O4S. The molecule has 4 atom stereocenters. The van der Waals surface area contributed by atoms with Crippen LogP contribution in [0.3, 0.4) is 0 Å². The molecule has 2 aliphatic heterocycles. The Morgan fingerprint density at radius 2 is 1.80 bits per heavy atom. The van der Waals surface area contributed by atoms with Crippen molar-refractivity contribution in [3.63, 3.8) is 0 Å². The third-order valence-corrected chi connectivity index (χ3v) is 7.17. The van der Waals surface area contributed by atoms with Gasteiger partial charge in [-0.2, -0.15) is 0 Å². The Morgan fingerprint density at radius 1 is 1.16 bits per heavy atom. The van der Waals surface area contributed by atoms with Crippen LogP contribution in [0.4, 0.5) is 0 Å². The van der Waals surface area contributed by atoms with Crippen molar-refractivity contribution in [1.29, 1.82) is 0 Å². The summed E-state index contributed by atoms with van der Waals surface area (Å²) in [5, 5.41) is 6.22. The van der Waals surface area contributed by atoms with Crippen LogP contribution in [-0.2, 0) is 19.4 Å². The van der Waals surface area contributed by atoms with Crippen LogP contribution in [0.2, 0.25) is 0 Å². The molecule has 4 unspecified atom stereocenters. The predicted molar refractivity (Wildman–Crippen MR) is 97.4 cm³/mol. The van der Waals surface area contributed by atoms with Gasteiger partial charge in [0.1, 0.15) is 6.04 Å². The molecule has 0 aromatic rings. The van der Waals surface area contributed by atoms with Crippen molar-refractivity contribution >= 4 is 34.1 Å². The van der Waals surface area contributed by atoms with Gasteiger partial charge in [-0.1, -0.05) is 12.8 Å². The van der Waals surface area contributed by atoms with E-state index >= 15 is 0 Å². The third kappa shape index (κ3) is 4.86. The van der Waals surface area contributed by atoms with Crippen LogP contribution in [0.25, 0.3) is 0 Å². The summed E-state index contributed by atoms with van der Waals surface area (Å²) in [5.74, 6) is 0.274. The maximum atomic E-state index is 12.4. The summed E-state index contributed by atoms with van der Waals surface area (Å²) in [7, 11) is -3.01. The van der Waals surface area contributed by atoms with E-state index in [1.807, 2.05) is 0 Å². The summed E-state index contributed by atoms with van der Waals surface area (Å²) in [6, 6.07) is -0.398. The monoisotopic (exact) mass is 393 g/mol. The quantitative estimate of drug-likeness (QED) is 0.708. The zero-order valence-corrected chi connectivity index (χ0v) is 16.2. The lowest BCUT2D eigenvalue weighted by Gasteiger charge is -2.29. The highest BCUT2D eigenvalue weighted by Gasteiger charge is 2.39. The lowest BCUT2D eigenvalue weighted by atomic mass is 9.85. The van der Waals surface area contributed by atoms with Gasteiger partial charge in [-0.25, -0.2) is 8.42 Å². The molecule has 1 aliphatic carbocycles. The fourth-order valence-electron chi connectivity index (χ4n) is 4.10. The van der Waals surface area contributed by atoms with Crippen LogP contribution >= 0.6 is 12.4 Å². The van der Waals surface area contributed by atoms with Crippen molar-refractivity contribution in [3.8, 4) is 0 Å². The molecule has 3 rings (SSSR count). The number of sulfone groups is 1. The summed E-state index contributed by atoms with van der Waals surface area (Å²) >= 11 is 0. The molecular weight excluding hydrogens is 366 g/mol. The first-order chi connectivity index (χ1) is 11.4. The van der Waals surface area contributed by atoms with Crippen molar-refractivity contribution in [3.05, 3.63) is 0 Å². The zero-order chi connectivity index (χ0) is 17.3. The van der Waals surface area contributed by atoms with E-state index in [2.05, 4.69) is 10.6 Å². The molecule has 1 saturated carbocycles. The van der Waals surface area contributed by atoms with Crippen molar-refractivity contribution in [2.24, 2.45) is 5.92 Å². The van der Waals surface area contributed by atoms with Crippen LogP contribution in [-0.4, -0.2) is 67.9 Å². The average Bonchev–Trinajstić information content (AvgIpc) is 2.98. The summed E-state index contributed by atoms with van der Waals surface area (Å²) in [6.07, 6.45) is 5.61. The molecule has 3 fully saturated rings. The normalized spacial score (nSPS) is 32.2. The Morgan fingerprint density at radius 3 is 2.44 bits per heavy atom. The Balaban J connectivity index is 0.00000225. The Labute approximate surface area is 155 Å². The minimum absolute atomic E-state index is 0. The number of fused-ring (bicyclic) bond motifs is 1. The van der Waals surface area contributed by atoms with E-state index < -0.39 is 15.9 Å². The van der Waals surface area contributed by atoms with Gasteiger partial charge in [0.25, 0.3) is 0 Å². The molecule has 2 heterocycles. The lowest BCUT2D eigenvalue weighted by molar-refractivity contribution is -0.136. The average molecular weight is 394 g/mol. The maximum Gasteiger partial charge on any atom is 0.244 e. The molecule has 2 saturated heterocycles. The standard InChI is InChI=1S/C16H27N3O4S.ClH/c1-11(16(21)19-6-8-24(22,23)9-7-19)17-15(20)14-10-12-4-2-3-5-13(12)18-14;/h11-14,18H,2-10H2,1H3,(H,17,20);1H. The van der Waals surface area contributed by atoms with Crippen molar-refractivity contribution in [2.75, 3.05) is 24.6 Å². The Kier molecular flexibility index (Phi) is 6.73. The number of carbonyl (C=O) groups is 2. The van der Waals surface area contributed by atoms with Crippen LogP contribution < -0.4 is 10.6 Å². The van der Waals surface area contributed by atoms with E-state index in [0.29, 0.717) is 12.0 Å². The lowest BCUT2D eigenvalue weighted by Crippen LogP contribution is -2.54. The summed E-state index contributed by atoms with van der Waals surface area (Å²) in [5.41, 5.74) is 0. The minimum Gasteiger partial charge on any atom is -0.343 e. The van der Waals surface area contributed by atoms with Gasteiger partial charge in [0.15, 0.2) is 9.84 Å². The van der Waals surface area contributed by atoms with E-state index in [9.17, 15) is 18.0 Å². The van der Waals surface area contributed by atoms with E-state index in [1.54, 1.807) is 6.92 Å². The first kappa shape index (κ1) is 20.5. The van der Waals surface area contributed by atoms with Gasteiger partial charge in [0, 0.05) is 19.1 Å². The summed E-state index contributed by atoms with van der Waals surface area (Å²) in [6.45, 7) is 2.10. The molecule has 0 aromatic heterocycles. The number of rotatable bonds is 3. The van der Waals surface area contributed by atoms with Crippen LogP contribution in [0.5, 0.6) is 0 Å². The molecule has 2 amide bonds. The van der Waals surface area contributed by atoms with Crippen molar-refractivity contribution in [2.45, 2.75) is 57.2 Å². The topological polar surface area (TPSA) is 95.6 Å². The molecule has 144 valence electrons. The van der Waals surface area contributed by atoms with Crippen molar-refractivity contribution < 1.29 is 18.0 Å². The number of hydrogen-bond acceptors (Lipinski definition) is 5. The summed E-state index contributed by atoms with van der Waals surface area (Å²) in [4.78, 5) is 26.4. The molecule has 0 aromatic carbocycles. The van der Waals surface area contributed by atoms with Gasteiger partial charge in [-0.15, -0.1) is 12.4 Å². The largest absolute Gasteiger partial charge is 0.343 e. The highest BCUT2D eigenvalue weighted by atomic mass is 35.5. The third-order valence-electron chi connectivity index (χ3n) is 5.56. The molecule has 7 nitrogen and oxygen atoms in total. The molecule has 0 bridgehead atoms. The van der Waals surface area contributed by atoms with Gasteiger partial charge in [0.2, 0.25) is 11.8 Å². The predicted octanol–water partition coefficient (Wildman–Crippen LogP) is 0.0906. The molecule has 9 heteroatoms. The Bertz CT molecular complexity index is 585. The van der Waals surface area contributed by atoms with Crippen LogP contribution in [0.1, 0.15) is 39.0 Å². The van der Waals surface area contributed by atoms with E-state index in [-0.39, 0.29) is 54.9 Å². The maximum absolute atomic E-state index is 12.4. The van der Waals surface area contributed by atoms with Crippen LogP contribution in [0.15, 0.2) is 0 Å². The smallest absolute Gasteiger partial charge is 0.244 e. The highest BCUT2D eigenvalue weighted by Crippen LogP contribution is 2.33. The fraction of sp³-hybridized carbons (Fsp3) is 0.875. The first-order valence-electron chi connectivity index (χ1n) is 8.91. The van der Waals surface area contributed by atoms with Crippen molar-refractivity contribution in [1.82, 2.24) is 15.5 Å². The molecule has 2 N–H and O–H groups in total. The Hall–Kier alpha value is -0.860. The van der Waals surface area contributed by atoms with Gasteiger partial charge >= 0.3 is 0 Å². The summed E-state index contributed by atoms with van der Waals surface area (Å²) < 4.78 is 22.9. The highest BCUT2D eigenvalue weighted by molar-refractivity contribution is 7.91. The minimum atomic E-state index is -3.01. The van der Waals surface area contributed by atoms with E-state index in [0.717, 1.165) is 12.8 Å². The second kappa shape index (κ2) is 8.22. The second-order valence-electron chi connectivity index (χ2n) is 7.31. The number of nitrogens with zero attached hydrogens (tertiary/aromatic N) is 1. The van der Waals surface area contributed by atoms with Gasteiger partial charge in [-0.05, 0) is 32.1 Å². The van der Waals surface area contributed by atoms with E-state index in [1.165, 1.54) is 24.2 Å². The molecule has 25 heavy (non-hydrogen) atoms. The molecule has 0 spiro atoms. The number of hydrogen-bond donors (Lipinski definition) is 2. The van der Waals surface area contributed by atoms with Gasteiger partial charge < -0.3 is 15.5 Å². The zero-order valence-electron chi connectivity index (χ0n) is 14.6. The number of halogens is 1. The van der Waals surface area contributed by atoms with Crippen LogP contribution in [0, 0.1) is 5.92 Å². The number of amides is 2. The first-order valence-corrected chi connectivity index (χ1v) is 10.7.